The van der Waals surface area contributed by atoms with Crippen molar-refractivity contribution < 1.29 is 64.8 Å². The Balaban J connectivity index is 0.000000445. The van der Waals surface area contributed by atoms with Crippen LogP contribution in [-0.2, 0) is 19.8 Å². The summed E-state index contributed by atoms with van der Waals surface area (Å²) in [5, 5.41) is 57.0. The van der Waals surface area contributed by atoms with E-state index in [1.165, 1.54) is 54.6 Å². The second-order valence-corrected chi connectivity index (χ2v) is 6.69. The minimum absolute atomic E-state index is 0.178. The third-order valence-corrected chi connectivity index (χ3v) is 4.07. The van der Waals surface area contributed by atoms with Gasteiger partial charge in [0.2, 0.25) is 0 Å². The summed E-state index contributed by atoms with van der Waals surface area (Å²) >= 11 is 2.01. The quantitative estimate of drug-likeness (QED) is 0.307. The number of allylic oxidation sites excluding steroid dienone is 1. The number of hydrogen-bond acceptors (Lipinski definition) is 9. The molecule has 34 heavy (non-hydrogen) atoms. The first-order valence-electron chi connectivity index (χ1n) is 9.23. The van der Waals surface area contributed by atoms with Gasteiger partial charge >= 0.3 is 37.3 Å². The topological polar surface area (TPSA) is 181 Å². The first-order valence-corrected chi connectivity index (χ1v) is 10.7. The van der Waals surface area contributed by atoms with E-state index in [-0.39, 0.29) is 33.9 Å². The van der Waals surface area contributed by atoms with E-state index in [2.05, 4.69) is 6.58 Å². The van der Waals surface area contributed by atoms with Crippen LogP contribution >= 0.6 is 0 Å². The van der Waals surface area contributed by atoms with Crippen molar-refractivity contribution in [3.8, 4) is 17.2 Å². The predicted octanol–water partition coefficient (Wildman–Crippen LogP) is 0.405. The molecule has 0 radical (unpaired) electrons. The van der Waals surface area contributed by atoms with Crippen molar-refractivity contribution in [3.05, 3.63) is 102 Å². The largest absolute Gasteiger partial charge is 0.545 e. The average molecular weight is 548 g/mol. The fraction of sp³-hybridized carbons (Fsp3) is 0.0417. The smallest absolute Gasteiger partial charge is 0.124 e. The Morgan fingerprint density at radius 2 is 0.853 bits per heavy atom. The Hall–Kier alpha value is -4.10. The van der Waals surface area contributed by atoms with Gasteiger partial charge in [0.15, 0.2) is 0 Å². The molecule has 3 aromatic carbocycles. The van der Waals surface area contributed by atoms with Crippen LogP contribution in [0.5, 0.6) is 17.2 Å². The molecular weight excluding hydrogens is 528 g/mol. The number of carboxylic acids is 3. The molecular formula is C24H20MoO9. The molecule has 0 aromatic heterocycles. The number of hydrogen-bond donors (Lipinski definition) is 3. The first kappa shape index (κ1) is 29.9. The van der Waals surface area contributed by atoms with E-state index >= 15 is 0 Å². The zero-order valence-corrected chi connectivity index (χ0v) is 19.6. The minimum Gasteiger partial charge on any atom is -0.545 e. The van der Waals surface area contributed by atoms with E-state index in [4.69, 9.17) is 15.3 Å². The summed E-state index contributed by atoms with van der Waals surface area (Å²) in [4.78, 5) is 31.5. The summed E-state index contributed by atoms with van der Waals surface area (Å²) in [7, 11) is 0. The van der Waals surface area contributed by atoms with Crippen LogP contribution in [0.1, 0.15) is 31.1 Å². The molecule has 3 aromatic rings. The number of carboxylic acid groups (broad SMARTS) is 3. The Bertz CT molecular complexity index is 965. The summed E-state index contributed by atoms with van der Waals surface area (Å²) in [5.41, 5.74) is -0.535. The van der Waals surface area contributed by atoms with Gasteiger partial charge in [0.25, 0.3) is 0 Å². The van der Waals surface area contributed by atoms with Crippen molar-refractivity contribution >= 4 is 17.9 Å². The van der Waals surface area contributed by atoms with Crippen molar-refractivity contribution in [1.29, 1.82) is 0 Å². The van der Waals surface area contributed by atoms with E-state index in [0.717, 1.165) is 4.81 Å². The van der Waals surface area contributed by atoms with Crippen LogP contribution < -0.4 is 15.3 Å². The van der Waals surface area contributed by atoms with Crippen LogP contribution in [0.15, 0.2) is 85.5 Å². The fourth-order valence-electron chi connectivity index (χ4n) is 1.94. The van der Waals surface area contributed by atoms with Crippen molar-refractivity contribution in [2.45, 2.75) is 4.81 Å². The molecule has 3 rings (SSSR count). The van der Waals surface area contributed by atoms with E-state index in [0.29, 0.717) is 0 Å². The van der Waals surface area contributed by atoms with Crippen LogP contribution in [0.3, 0.4) is 0 Å². The maximum Gasteiger partial charge on any atom is 0.124 e. The molecule has 0 unspecified atom stereocenters. The number of carbonyl (C=O) groups is 3. The van der Waals surface area contributed by atoms with Crippen LogP contribution in [0.2, 0.25) is 4.81 Å². The Morgan fingerprint density at radius 1 is 0.647 bits per heavy atom. The maximum absolute atomic E-state index is 10.2. The van der Waals surface area contributed by atoms with Gasteiger partial charge in [0, 0.05) is 16.7 Å². The van der Waals surface area contributed by atoms with Crippen LogP contribution in [0.25, 0.3) is 0 Å². The Morgan fingerprint density at radius 3 is 0.971 bits per heavy atom. The first-order chi connectivity index (χ1) is 16.1. The third-order valence-electron chi connectivity index (χ3n) is 3.49. The molecule has 0 bridgehead atoms. The zero-order valence-electron chi connectivity index (χ0n) is 17.6. The van der Waals surface area contributed by atoms with Crippen LogP contribution in [-0.4, -0.2) is 33.2 Å². The van der Waals surface area contributed by atoms with E-state index in [9.17, 15) is 29.7 Å². The van der Waals surface area contributed by atoms with E-state index in [1.54, 1.807) is 18.2 Å². The molecule has 9 nitrogen and oxygen atoms in total. The second-order valence-electron chi connectivity index (χ2n) is 5.87. The molecule has 3 N–H and O–H groups in total. The summed E-state index contributed by atoms with van der Waals surface area (Å²) < 4.78 is 0. The van der Waals surface area contributed by atoms with Crippen molar-refractivity contribution in [2.75, 3.05) is 0 Å². The average Bonchev–Trinajstić information content (AvgIpc) is 2.80. The predicted molar refractivity (Wildman–Crippen MR) is 112 cm³/mol. The van der Waals surface area contributed by atoms with E-state index < -0.39 is 17.9 Å². The van der Waals surface area contributed by atoms with Gasteiger partial charge < -0.3 is 45.0 Å². The van der Waals surface area contributed by atoms with Gasteiger partial charge in [-0.1, -0.05) is 36.4 Å². The number of para-hydroxylation sites is 3. The molecule has 0 amide bonds. The van der Waals surface area contributed by atoms with Gasteiger partial charge in [-0.3, -0.25) is 0 Å². The number of aromatic carboxylic acids is 3. The molecule has 0 saturated carbocycles. The molecule has 0 spiro atoms. The number of carbonyl (C=O) groups excluding carboxylic acids is 3. The van der Waals surface area contributed by atoms with Gasteiger partial charge in [-0.15, -0.1) is 0 Å². The number of aromatic hydroxyl groups is 3. The number of rotatable bonds is 4. The third kappa shape index (κ3) is 11.5. The Labute approximate surface area is 206 Å². The maximum atomic E-state index is 10.2. The van der Waals surface area contributed by atoms with Gasteiger partial charge in [0.05, 0.1) is 17.9 Å². The van der Waals surface area contributed by atoms with Gasteiger partial charge in [-0.25, -0.2) is 0 Å². The minimum atomic E-state index is -1.36. The molecule has 176 valence electrons. The monoisotopic (exact) mass is 550 g/mol. The van der Waals surface area contributed by atoms with Gasteiger partial charge in [0.1, 0.15) is 17.2 Å². The number of phenols is 3. The molecule has 10 heteroatoms. The summed E-state index contributed by atoms with van der Waals surface area (Å²) in [5.74, 6) is -4.87. The molecule has 0 aliphatic rings. The molecule has 0 heterocycles. The zero-order chi connectivity index (χ0) is 26.1. The van der Waals surface area contributed by atoms with Crippen molar-refractivity contribution in [1.82, 2.24) is 0 Å². The molecule has 0 aliphatic carbocycles. The summed E-state index contributed by atoms with van der Waals surface area (Å²) in [6, 6.07) is 16.9. The molecule has 0 fully saturated rings. The van der Waals surface area contributed by atoms with Crippen molar-refractivity contribution in [3.63, 3.8) is 0 Å². The normalized spacial score (nSPS) is 8.79. The van der Waals surface area contributed by atoms with Crippen LogP contribution in [0.4, 0.5) is 0 Å². The standard InChI is InChI=1S/3C7H6O3.C3H5.Mo/c3*8-6-4-2-1-3-5(6)7(9)10;1-3-2;/h3*1-4,8H,(H,9,10);3H,1-2H2;/q;;;;+3/p-3. The fourth-order valence-corrected chi connectivity index (χ4v) is 1.94. The van der Waals surface area contributed by atoms with Crippen molar-refractivity contribution in [2.24, 2.45) is 0 Å². The number of benzene rings is 3. The Kier molecular flexibility index (Phi) is 14.5. The van der Waals surface area contributed by atoms with Gasteiger partial charge in [-0.2, -0.15) is 0 Å². The van der Waals surface area contributed by atoms with Crippen LogP contribution in [0, 0.1) is 0 Å². The molecule has 0 saturated heterocycles. The van der Waals surface area contributed by atoms with E-state index in [1.807, 2.05) is 25.9 Å². The summed E-state index contributed by atoms with van der Waals surface area (Å²) in [6.45, 7) is 3.48. The second kappa shape index (κ2) is 16.5. The molecule has 0 aliphatic heterocycles. The summed E-state index contributed by atoms with van der Waals surface area (Å²) in [6.07, 6.45) is 1.88. The van der Waals surface area contributed by atoms with Gasteiger partial charge in [-0.05, 0) is 36.4 Å². The molecule has 0 atom stereocenters. The SMILES string of the molecule is C=C[CH2][Mo+3].O=C([O-])c1ccccc1O.O=C([O-])c1ccccc1O.O=C([O-])c1ccccc1O.